The van der Waals surface area contributed by atoms with E-state index in [1.54, 1.807) is 6.20 Å². The first kappa shape index (κ1) is 9.58. The van der Waals surface area contributed by atoms with Gasteiger partial charge in [0, 0.05) is 42.8 Å². The van der Waals surface area contributed by atoms with Gasteiger partial charge in [-0.05, 0) is 6.07 Å². The predicted octanol–water partition coefficient (Wildman–Crippen LogP) is 2.27. The Kier molecular flexibility index (Phi) is 2.20. The molecule has 0 N–H and O–H groups in total. The fraction of sp³-hybridized carbons (Fsp3) is 0.545. The van der Waals surface area contributed by atoms with Crippen molar-refractivity contribution in [3.63, 3.8) is 0 Å². The van der Waals surface area contributed by atoms with Gasteiger partial charge in [-0.1, -0.05) is 11.6 Å². The average Bonchev–Trinajstić information content (AvgIpc) is 2.61. The Morgan fingerprint density at radius 1 is 1.33 bits per heavy atom. The van der Waals surface area contributed by atoms with Crippen molar-refractivity contribution >= 4 is 11.6 Å². The van der Waals surface area contributed by atoms with E-state index in [1.807, 2.05) is 6.07 Å². The molecule has 0 aliphatic carbocycles. The van der Waals surface area contributed by atoms with Gasteiger partial charge >= 0.3 is 0 Å². The van der Waals surface area contributed by atoms with Gasteiger partial charge in [-0.25, -0.2) is 0 Å². The van der Waals surface area contributed by atoms with E-state index in [4.69, 9.17) is 21.1 Å². The molecule has 2 aliphatic rings. The van der Waals surface area contributed by atoms with E-state index < -0.39 is 0 Å². The largest absolute Gasteiger partial charge is 0.381 e. The van der Waals surface area contributed by atoms with Crippen LogP contribution in [0.3, 0.4) is 0 Å². The highest BCUT2D eigenvalue weighted by Crippen LogP contribution is 2.44. The molecule has 80 valence electrons. The van der Waals surface area contributed by atoms with E-state index in [0.29, 0.717) is 6.61 Å². The van der Waals surface area contributed by atoms with Crippen molar-refractivity contribution < 1.29 is 9.47 Å². The first-order valence-electron chi connectivity index (χ1n) is 5.17. The Balaban J connectivity index is 2.06. The fourth-order valence-electron chi connectivity index (χ4n) is 2.36. The molecule has 3 rings (SSSR count). The van der Waals surface area contributed by atoms with Gasteiger partial charge in [-0.15, -0.1) is 0 Å². The lowest BCUT2D eigenvalue weighted by molar-refractivity contribution is -0.109. The Bertz CT molecular complexity index is 388. The molecule has 3 nitrogen and oxygen atoms in total. The number of pyridine rings is 1. The summed E-state index contributed by atoms with van der Waals surface area (Å²) in [6.45, 7) is 2.07. The van der Waals surface area contributed by atoms with Crippen molar-refractivity contribution in [3.8, 4) is 0 Å². The van der Waals surface area contributed by atoms with Crippen LogP contribution < -0.4 is 0 Å². The molecule has 1 fully saturated rings. The minimum Gasteiger partial charge on any atom is -0.381 e. The van der Waals surface area contributed by atoms with Gasteiger partial charge in [-0.3, -0.25) is 4.98 Å². The molecule has 15 heavy (non-hydrogen) atoms. The van der Waals surface area contributed by atoms with Crippen LogP contribution in [-0.4, -0.2) is 18.2 Å². The second-order valence-electron chi connectivity index (χ2n) is 4.02. The van der Waals surface area contributed by atoms with E-state index >= 15 is 0 Å². The van der Waals surface area contributed by atoms with E-state index in [0.717, 1.165) is 42.3 Å². The Morgan fingerprint density at radius 2 is 2.13 bits per heavy atom. The van der Waals surface area contributed by atoms with Gasteiger partial charge in [0.15, 0.2) is 0 Å². The summed E-state index contributed by atoms with van der Waals surface area (Å²) in [5.74, 6) is 0. The lowest BCUT2D eigenvalue weighted by atomic mass is 9.90. The predicted molar refractivity (Wildman–Crippen MR) is 55.8 cm³/mol. The standard InChI is InChI=1S/C11H12ClNO2/c12-9-1-4-13-10-8(9)7-15-11(10)2-5-14-6-3-11/h1,4H,2-3,5-7H2. The topological polar surface area (TPSA) is 31.4 Å². The van der Waals surface area contributed by atoms with Crippen molar-refractivity contribution in [2.75, 3.05) is 13.2 Å². The molecular formula is C11H12ClNO2. The molecule has 0 saturated carbocycles. The van der Waals surface area contributed by atoms with Gasteiger partial charge < -0.3 is 9.47 Å². The Labute approximate surface area is 93.4 Å². The zero-order valence-corrected chi connectivity index (χ0v) is 9.09. The van der Waals surface area contributed by atoms with Crippen molar-refractivity contribution in [3.05, 3.63) is 28.5 Å². The number of aromatic nitrogens is 1. The fourth-order valence-corrected chi connectivity index (χ4v) is 2.56. The van der Waals surface area contributed by atoms with Crippen LogP contribution >= 0.6 is 11.6 Å². The maximum absolute atomic E-state index is 6.12. The van der Waals surface area contributed by atoms with E-state index in [1.165, 1.54) is 0 Å². The smallest absolute Gasteiger partial charge is 0.115 e. The van der Waals surface area contributed by atoms with Crippen LogP contribution in [0.2, 0.25) is 5.02 Å². The van der Waals surface area contributed by atoms with E-state index in [-0.39, 0.29) is 5.60 Å². The molecule has 4 heteroatoms. The highest BCUT2D eigenvalue weighted by atomic mass is 35.5. The quantitative estimate of drug-likeness (QED) is 0.679. The van der Waals surface area contributed by atoms with Gasteiger partial charge in [0.1, 0.15) is 5.60 Å². The first-order valence-corrected chi connectivity index (χ1v) is 5.55. The minimum atomic E-state index is -0.224. The van der Waals surface area contributed by atoms with E-state index in [2.05, 4.69) is 4.98 Å². The number of nitrogens with zero attached hydrogens (tertiary/aromatic N) is 1. The summed E-state index contributed by atoms with van der Waals surface area (Å²) in [7, 11) is 0. The van der Waals surface area contributed by atoms with Crippen LogP contribution in [0.4, 0.5) is 0 Å². The van der Waals surface area contributed by atoms with Crippen molar-refractivity contribution in [2.24, 2.45) is 0 Å². The molecular weight excluding hydrogens is 214 g/mol. The molecule has 0 aromatic carbocycles. The monoisotopic (exact) mass is 225 g/mol. The third-order valence-corrected chi connectivity index (χ3v) is 3.58. The van der Waals surface area contributed by atoms with Crippen molar-refractivity contribution in [1.82, 2.24) is 4.98 Å². The van der Waals surface area contributed by atoms with Crippen LogP contribution in [0.5, 0.6) is 0 Å². The molecule has 1 aromatic rings. The molecule has 3 heterocycles. The first-order chi connectivity index (χ1) is 7.32. The van der Waals surface area contributed by atoms with Crippen LogP contribution in [0.15, 0.2) is 12.3 Å². The molecule has 0 bridgehead atoms. The van der Waals surface area contributed by atoms with Crippen LogP contribution in [0, 0.1) is 0 Å². The number of halogens is 1. The normalized spacial score (nSPS) is 23.0. The second-order valence-corrected chi connectivity index (χ2v) is 4.42. The molecule has 0 unspecified atom stereocenters. The van der Waals surface area contributed by atoms with E-state index in [9.17, 15) is 0 Å². The van der Waals surface area contributed by atoms with Gasteiger partial charge in [0.2, 0.25) is 0 Å². The van der Waals surface area contributed by atoms with Gasteiger partial charge in [0.05, 0.1) is 12.3 Å². The highest BCUT2D eigenvalue weighted by Gasteiger charge is 2.43. The van der Waals surface area contributed by atoms with Crippen LogP contribution in [-0.2, 0) is 21.7 Å². The summed E-state index contributed by atoms with van der Waals surface area (Å²) < 4.78 is 11.3. The minimum absolute atomic E-state index is 0.224. The maximum atomic E-state index is 6.12. The number of rotatable bonds is 0. The molecule has 0 atom stereocenters. The summed E-state index contributed by atoms with van der Waals surface area (Å²) in [5.41, 5.74) is 1.86. The summed E-state index contributed by atoms with van der Waals surface area (Å²) in [6.07, 6.45) is 3.52. The number of hydrogen-bond donors (Lipinski definition) is 0. The lowest BCUT2D eigenvalue weighted by Crippen LogP contribution is -2.33. The van der Waals surface area contributed by atoms with Crippen molar-refractivity contribution in [1.29, 1.82) is 0 Å². The molecule has 0 amide bonds. The summed E-state index contributed by atoms with van der Waals surface area (Å²) in [6, 6.07) is 1.82. The molecule has 1 spiro atoms. The number of ether oxygens (including phenoxy) is 2. The van der Waals surface area contributed by atoms with Gasteiger partial charge in [-0.2, -0.15) is 0 Å². The average molecular weight is 226 g/mol. The molecule has 2 aliphatic heterocycles. The van der Waals surface area contributed by atoms with Gasteiger partial charge in [0.25, 0.3) is 0 Å². The summed E-state index contributed by atoms with van der Waals surface area (Å²) >= 11 is 6.12. The maximum Gasteiger partial charge on any atom is 0.115 e. The zero-order valence-electron chi connectivity index (χ0n) is 8.33. The second kappa shape index (κ2) is 3.44. The zero-order chi connectivity index (χ0) is 10.3. The van der Waals surface area contributed by atoms with Crippen LogP contribution in [0.25, 0.3) is 0 Å². The Morgan fingerprint density at radius 3 is 2.93 bits per heavy atom. The third kappa shape index (κ3) is 1.38. The molecule has 1 saturated heterocycles. The SMILES string of the molecule is Clc1ccnc2c1COC21CCOCC1. The summed E-state index contributed by atoms with van der Waals surface area (Å²) in [4.78, 5) is 4.43. The molecule has 1 aromatic heterocycles. The van der Waals surface area contributed by atoms with Crippen molar-refractivity contribution in [2.45, 2.75) is 25.0 Å². The Hall–Kier alpha value is -0.640. The third-order valence-electron chi connectivity index (χ3n) is 3.22. The highest BCUT2D eigenvalue weighted by molar-refractivity contribution is 6.31. The number of fused-ring (bicyclic) bond motifs is 2. The number of hydrogen-bond acceptors (Lipinski definition) is 3. The molecule has 0 radical (unpaired) electrons. The summed E-state index contributed by atoms with van der Waals surface area (Å²) in [5, 5.41) is 0.767. The van der Waals surface area contributed by atoms with Crippen LogP contribution in [0.1, 0.15) is 24.1 Å². The lowest BCUT2D eigenvalue weighted by Gasteiger charge is -2.32.